The summed E-state index contributed by atoms with van der Waals surface area (Å²) in [4.78, 5) is 17.2. The van der Waals surface area contributed by atoms with E-state index in [9.17, 15) is 4.79 Å². The molecule has 6 nitrogen and oxygen atoms in total. The Morgan fingerprint density at radius 1 is 1.29 bits per heavy atom. The van der Waals surface area contributed by atoms with Gasteiger partial charge in [0.25, 0.3) is 0 Å². The molecule has 1 aliphatic heterocycles. The number of hydrogen-bond acceptors (Lipinski definition) is 5. The number of morpholine rings is 1. The predicted molar refractivity (Wildman–Crippen MR) is 95.0 cm³/mol. The van der Waals surface area contributed by atoms with Gasteiger partial charge < -0.3 is 25.1 Å². The normalized spacial score (nSPS) is 14.7. The van der Waals surface area contributed by atoms with Crippen molar-refractivity contribution >= 4 is 40.5 Å². The van der Waals surface area contributed by atoms with E-state index < -0.39 is 5.97 Å². The van der Waals surface area contributed by atoms with Crippen molar-refractivity contribution in [3.05, 3.63) is 34.1 Å². The summed E-state index contributed by atoms with van der Waals surface area (Å²) in [5.41, 5.74) is 8.86. The predicted octanol–water partition coefficient (Wildman–Crippen LogP) is 3.19. The number of hydrogen-bond donors (Lipinski definition) is 2. The number of halogens is 2. The van der Waals surface area contributed by atoms with Gasteiger partial charge in [0.15, 0.2) is 0 Å². The van der Waals surface area contributed by atoms with Crippen LogP contribution in [0, 0.1) is 0 Å². The van der Waals surface area contributed by atoms with Gasteiger partial charge in [-0.2, -0.15) is 0 Å². The number of aromatic amines is 1. The molecular weight excluding hydrogens is 353 g/mol. The fourth-order valence-corrected chi connectivity index (χ4v) is 3.24. The van der Waals surface area contributed by atoms with Crippen molar-refractivity contribution in [3.63, 3.8) is 0 Å². The highest BCUT2D eigenvalue weighted by atomic mass is 35.5. The second-order valence-corrected chi connectivity index (χ2v) is 6.18. The molecule has 24 heavy (non-hydrogen) atoms. The number of methoxy groups -OCH3 is 1. The smallest absolute Gasteiger partial charge is 0.356 e. The van der Waals surface area contributed by atoms with Crippen molar-refractivity contribution in [2.24, 2.45) is 0 Å². The summed E-state index contributed by atoms with van der Waals surface area (Å²) in [5, 5.41) is 0.734. The molecule has 0 saturated carbocycles. The molecule has 1 aromatic heterocycles. The van der Waals surface area contributed by atoms with E-state index >= 15 is 0 Å². The zero-order valence-electron chi connectivity index (χ0n) is 13.1. The van der Waals surface area contributed by atoms with Crippen molar-refractivity contribution in [1.82, 2.24) is 4.98 Å². The lowest BCUT2D eigenvalue weighted by Crippen LogP contribution is -2.37. The Labute approximate surface area is 149 Å². The minimum absolute atomic E-state index is 0.332. The molecule has 2 aromatic rings. The van der Waals surface area contributed by atoms with Gasteiger partial charge in [-0.25, -0.2) is 4.79 Å². The molecule has 0 unspecified atom stereocenters. The number of nitrogens with two attached hydrogens (primary N) is 1. The third-order valence-corrected chi connectivity index (χ3v) is 4.59. The largest absolute Gasteiger partial charge is 0.464 e. The van der Waals surface area contributed by atoms with Crippen LogP contribution in [0.25, 0.3) is 11.1 Å². The molecule has 1 aliphatic rings. The Kier molecular flexibility index (Phi) is 4.89. The van der Waals surface area contributed by atoms with Gasteiger partial charge in [-0.1, -0.05) is 23.2 Å². The first-order valence-electron chi connectivity index (χ1n) is 7.40. The van der Waals surface area contributed by atoms with Crippen molar-refractivity contribution < 1.29 is 14.3 Å². The van der Waals surface area contributed by atoms with Crippen LogP contribution in [0.1, 0.15) is 10.5 Å². The van der Waals surface area contributed by atoms with Crippen molar-refractivity contribution in [1.29, 1.82) is 0 Å². The molecular formula is C16H17Cl2N3O3. The summed E-state index contributed by atoms with van der Waals surface area (Å²) >= 11 is 12.3. The minimum atomic E-state index is -0.435. The van der Waals surface area contributed by atoms with Gasteiger partial charge in [0.2, 0.25) is 0 Å². The SMILES string of the molecule is COC(=O)c1[nH]cc(-c2cc(Cl)c(N)c(Cl)c2)c1N1CCOCC1. The van der Waals surface area contributed by atoms with Crippen molar-refractivity contribution in [2.75, 3.05) is 44.0 Å². The highest BCUT2D eigenvalue weighted by Crippen LogP contribution is 2.39. The van der Waals surface area contributed by atoms with E-state index in [1.54, 1.807) is 18.3 Å². The quantitative estimate of drug-likeness (QED) is 0.641. The lowest BCUT2D eigenvalue weighted by atomic mass is 10.0. The summed E-state index contributed by atoms with van der Waals surface area (Å²) in [6.07, 6.45) is 1.75. The monoisotopic (exact) mass is 369 g/mol. The molecule has 0 aliphatic carbocycles. The molecule has 3 rings (SSSR count). The average molecular weight is 370 g/mol. The molecule has 2 heterocycles. The van der Waals surface area contributed by atoms with Crippen LogP contribution >= 0.6 is 23.2 Å². The van der Waals surface area contributed by atoms with Crippen LogP contribution < -0.4 is 10.6 Å². The second kappa shape index (κ2) is 6.93. The van der Waals surface area contributed by atoms with E-state index in [0.717, 1.165) is 16.8 Å². The summed E-state index contributed by atoms with van der Waals surface area (Å²) in [5.74, 6) is -0.435. The fraction of sp³-hybridized carbons (Fsp3) is 0.312. The third-order valence-electron chi connectivity index (χ3n) is 3.96. The standard InChI is InChI=1S/C16H17Cl2N3O3/c1-23-16(22)14-15(21-2-4-24-5-3-21)10(8-20-14)9-6-11(17)13(19)12(18)7-9/h6-8,20H,2-5,19H2,1H3. The van der Waals surface area contributed by atoms with Gasteiger partial charge in [-0.15, -0.1) is 0 Å². The lowest BCUT2D eigenvalue weighted by molar-refractivity contribution is 0.0594. The molecule has 0 radical (unpaired) electrons. The summed E-state index contributed by atoms with van der Waals surface area (Å²) < 4.78 is 10.3. The molecule has 0 atom stereocenters. The molecule has 1 saturated heterocycles. The first-order valence-corrected chi connectivity index (χ1v) is 8.15. The number of esters is 1. The Morgan fingerprint density at radius 2 is 1.92 bits per heavy atom. The van der Waals surface area contributed by atoms with Gasteiger partial charge in [0, 0.05) is 24.8 Å². The van der Waals surface area contributed by atoms with Crippen LogP contribution in [0.15, 0.2) is 18.3 Å². The second-order valence-electron chi connectivity index (χ2n) is 5.37. The number of carbonyl (C=O) groups is 1. The molecule has 1 aromatic carbocycles. The van der Waals surface area contributed by atoms with Gasteiger partial charge >= 0.3 is 5.97 Å². The number of H-pyrrole nitrogens is 1. The van der Waals surface area contributed by atoms with Crippen LogP contribution in [0.5, 0.6) is 0 Å². The molecule has 8 heteroatoms. The zero-order valence-corrected chi connectivity index (χ0v) is 14.6. The van der Waals surface area contributed by atoms with Crippen LogP contribution in [0.3, 0.4) is 0 Å². The van der Waals surface area contributed by atoms with E-state index in [4.69, 9.17) is 38.4 Å². The van der Waals surface area contributed by atoms with E-state index in [0.29, 0.717) is 47.7 Å². The summed E-state index contributed by atoms with van der Waals surface area (Å²) in [6, 6.07) is 3.47. The highest BCUT2D eigenvalue weighted by Gasteiger charge is 2.25. The number of nitrogens with zero attached hydrogens (tertiary/aromatic N) is 1. The number of anilines is 2. The first kappa shape index (κ1) is 17.0. The number of aromatic nitrogens is 1. The van der Waals surface area contributed by atoms with Gasteiger partial charge in [-0.05, 0) is 17.7 Å². The number of nitrogens with one attached hydrogen (secondary N) is 1. The number of carbonyl (C=O) groups excluding carboxylic acids is 1. The highest BCUT2D eigenvalue weighted by molar-refractivity contribution is 6.39. The Hall–Kier alpha value is -1.89. The van der Waals surface area contributed by atoms with Gasteiger partial charge in [0.05, 0.1) is 41.7 Å². The molecule has 1 fully saturated rings. The van der Waals surface area contributed by atoms with Crippen LogP contribution in [-0.2, 0) is 9.47 Å². The summed E-state index contributed by atoms with van der Waals surface area (Å²) in [6.45, 7) is 2.53. The minimum Gasteiger partial charge on any atom is -0.464 e. The average Bonchev–Trinajstić information content (AvgIpc) is 3.04. The van der Waals surface area contributed by atoms with Crippen molar-refractivity contribution in [2.45, 2.75) is 0 Å². The van der Waals surface area contributed by atoms with Crippen LogP contribution in [0.4, 0.5) is 11.4 Å². The van der Waals surface area contributed by atoms with Crippen LogP contribution in [-0.4, -0.2) is 44.4 Å². The number of benzene rings is 1. The Morgan fingerprint density at radius 3 is 2.50 bits per heavy atom. The van der Waals surface area contributed by atoms with Crippen molar-refractivity contribution in [3.8, 4) is 11.1 Å². The van der Waals surface area contributed by atoms with Crippen LogP contribution in [0.2, 0.25) is 10.0 Å². The first-order chi connectivity index (χ1) is 11.5. The maximum atomic E-state index is 12.1. The fourth-order valence-electron chi connectivity index (χ4n) is 2.75. The number of nitrogen functional groups attached to an aromatic ring is 1. The van der Waals surface area contributed by atoms with E-state index in [-0.39, 0.29) is 0 Å². The zero-order chi connectivity index (χ0) is 17.3. The molecule has 128 valence electrons. The maximum Gasteiger partial charge on any atom is 0.356 e. The molecule has 0 spiro atoms. The topological polar surface area (TPSA) is 80.6 Å². The number of rotatable bonds is 3. The maximum absolute atomic E-state index is 12.1. The number of ether oxygens (including phenoxy) is 2. The molecule has 0 amide bonds. The van der Waals surface area contributed by atoms with Gasteiger partial charge in [-0.3, -0.25) is 0 Å². The van der Waals surface area contributed by atoms with Gasteiger partial charge in [0.1, 0.15) is 5.69 Å². The molecule has 0 bridgehead atoms. The summed E-state index contributed by atoms with van der Waals surface area (Å²) in [7, 11) is 1.35. The lowest BCUT2D eigenvalue weighted by Gasteiger charge is -2.30. The Balaban J connectivity index is 2.14. The van der Waals surface area contributed by atoms with E-state index in [2.05, 4.69) is 9.88 Å². The van der Waals surface area contributed by atoms with E-state index in [1.807, 2.05) is 0 Å². The van der Waals surface area contributed by atoms with E-state index in [1.165, 1.54) is 7.11 Å². The third kappa shape index (κ3) is 3.05. The Bertz CT molecular complexity index is 747. The molecule has 3 N–H and O–H groups in total.